The van der Waals surface area contributed by atoms with Gasteiger partial charge in [0.1, 0.15) is 11.5 Å². The number of aliphatic hydroxyl groups excluding tert-OH is 1. The SMILES string of the molecule is Cc1ccc(C)c(/C(O)=C2\C(=O)C(=O)N(Cc3ccco3)C2c2ccc(C(C)C)cc2)c1. The van der Waals surface area contributed by atoms with E-state index in [0.29, 0.717) is 17.2 Å². The third-order valence-corrected chi connectivity index (χ3v) is 6.01. The predicted octanol–water partition coefficient (Wildman–Crippen LogP) is 5.64. The van der Waals surface area contributed by atoms with Gasteiger partial charge in [-0.1, -0.05) is 55.8 Å². The minimum Gasteiger partial charge on any atom is -0.507 e. The summed E-state index contributed by atoms with van der Waals surface area (Å²) in [5.74, 6) is -0.556. The van der Waals surface area contributed by atoms with Crippen molar-refractivity contribution in [2.45, 2.75) is 46.2 Å². The molecule has 0 spiro atoms. The molecule has 1 aromatic heterocycles. The smallest absolute Gasteiger partial charge is 0.296 e. The largest absolute Gasteiger partial charge is 0.507 e. The second-order valence-corrected chi connectivity index (χ2v) is 8.65. The number of aliphatic hydroxyl groups is 1. The third kappa shape index (κ3) is 3.86. The van der Waals surface area contributed by atoms with Crippen molar-refractivity contribution >= 4 is 17.4 Å². The summed E-state index contributed by atoms with van der Waals surface area (Å²) in [6.45, 7) is 8.16. The molecule has 1 fully saturated rings. The molecule has 0 bridgehead atoms. The number of furan rings is 1. The first-order valence-electron chi connectivity index (χ1n) is 10.8. The standard InChI is InChI=1S/C27H27NO4/c1-16(2)19-9-11-20(12-10-19)24-23(25(29)22-14-17(3)7-8-18(22)4)26(30)27(31)28(24)15-21-6-5-13-32-21/h5-14,16,24,29H,15H2,1-4H3/b25-23+. The van der Waals surface area contributed by atoms with Crippen molar-refractivity contribution in [1.82, 2.24) is 4.90 Å². The molecule has 5 nitrogen and oxygen atoms in total. The van der Waals surface area contributed by atoms with E-state index in [1.165, 1.54) is 11.2 Å². The van der Waals surface area contributed by atoms with Crippen molar-refractivity contribution in [1.29, 1.82) is 0 Å². The second-order valence-electron chi connectivity index (χ2n) is 8.65. The van der Waals surface area contributed by atoms with E-state index in [-0.39, 0.29) is 17.9 Å². The molecule has 2 heterocycles. The zero-order valence-corrected chi connectivity index (χ0v) is 18.8. The Morgan fingerprint density at radius 2 is 1.78 bits per heavy atom. The molecule has 1 saturated heterocycles. The fraction of sp³-hybridized carbons (Fsp3) is 0.259. The van der Waals surface area contributed by atoms with Crippen molar-refractivity contribution in [2.24, 2.45) is 0 Å². The zero-order valence-electron chi connectivity index (χ0n) is 18.8. The van der Waals surface area contributed by atoms with Crippen LogP contribution in [0.1, 0.15) is 59.4 Å². The first-order chi connectivity index (χ1) is 15.3. The van der Waals surface area contributed by atoms with Crippen LogP contribution in [-0.4, -0.2) is 21.7 Å². The number of likely N-dealkylation sites (tertiary alicyclic amines) is 1. The number of Topliss-reactive ketones (excluding diaryl/α,β-unsaturated/α-hetero) is 1. The monoisotopic (exact) mass is 429 g/mol. The molecule has 1 amide bonds. The molecule has 32 heavy (non-hydrogen) atoms. The van der Waals surface area contributed by atoms with Gasteiger partial charge in [-0.05, 0) is 54.7 Å². The molecular weight excluding hydrogens is 402 g/mol. The van der Waals surface area contributed by atoms with Crippen molar-refractivity contribution in [3.8, 4) is 0 Å². The third-order valence-electron chi connectivity index (χ3n) is 6.01. The average molecular weight is 430 g/mol. The quantitative estimate of drug-likeness (QED) is 0.324. The number of amides is 1. The van der Waals surface area contributed by atoms with Crippen LogP contribution in [0.2, 0.25) is 0 Å². The van der Waals surface area contributed by atoms with E-state index in [0.717, 1.165) is 22.3 Å². The number of ketones is 1. The van der Waals surface area contributed by atoms with Gasteiger partial charge in [-0.15, -0.1) is 0 Å². The van der Waals surface area contributed by atoms with Crippen LogP contribution in [0, 0.1) is 13.8 Å². The Balaban J connectivity index is 1.89. The average Bonchev–Trinajstić information content (AvgIpc) is 3.37. The zero-order chi connectivity index (χ0) is 23.0. The molecule has 3 aromatic rings. The molecule has 2 aromatic carbocycles. The van der Waals surface area contributed by atoms with E-state index in [1.807, 2.05) is 56.3 Å². The molecular formula is C27H27NO4. The molecule has 1 N–H and O–H groups in total. The summed E-state index contributed by atoms with van der Waals surface area (Å²) in [7, 11) is 0. The van der Waals surface area contributed by atoms with Gasteiger partial charge in [-0.3, -0.25) is 9.59 Å². The van der Waals surface area contributed by atoms with Gasteiger partial charge in [0.05, 0.1) is 24.4 Å². The fourth-order valence-corrected chi connectivity index (χ4v) is 4.16. The van der Waals surface area contributed by atoms with E-state index in [4.69, 9.17) is 4.42 Å². The van der Waals surface area contributed by atoms with E-state index in [1.54, 1.807) is 12.1 Å². The Morgan fingerprint density at radius 3 is 2.41 bits per heavy atom. The Labute approximate surface area is 188 Å². The molecule has 0 aliphatic carbocycles. The summed E-state index contributed by atoms with van der Waals surface area (Å²) in [6, 6.07) is 16.4. The topological polar surface area (TPSA) is 70.8 Å². The number of rotatable bonds is 5. The highest BCUT2D eigenvalue weighted by Crippen LogP contribution is 2.41. The lowest BCUT2D eigenvalue weighted by Crippen LogP contribution is -2.29. The lowest BCUT2D eigenvalue weighted by molar-refractivity contribution is -0.140. The highest BCUT2D eigenvalue weighted by Gasteiger charge is 2.46. The van der Waals surface area contributed by atoms with Gasteiger partial charge in [-0.2, -0.15) is 0 Å². The first-order valence-corrected chi connectivity index (χ1v) is 10.8. The summed E-state index contributed by atoms with van der Waals surface area (Å²) < 4.78 is 5.45. The van der Waals surface area contributed by atoms with Crippen LogP contribution in [0.4, 0.5) is 0 Å². The molecule has 1 aliphatic rings. The lowest BCUT2D eigenvalue weighted by Gasteiger charge is -2.25. The van der Waals surface area contributed by atoms with Gasteiger partial charge in [0.2, 0.25) is 0 Å². The summed E-state index contributed by atoms with van der Waals surface area (Å²) in [5, 5.41) is 11.3. The lowest BCUT2D eigenvalue weighted by atomic mass is 9.92. The molecule has 1 atom stereocenters. The van der Waals surface area contributed by atoms with Gasteiger partial charge in [0.25, 0.3) is 11.7 Å². The van der Waals surface area contributed by atoms with Crippen LogP contribution in [0.3, 0.4) is 0 Å². The number of hydrogen-bond donors (Lipinski definition) is 1. The number of hydrogen-bond acceptors (Lipinski definition) is 4. The van der Waals surface area contributed by atoms with E-state index < -0.39 is 17.7 Å². The van der Waals surface area contributed by atoms with Crippen LogP contribution >= 0.6 is 0 Å². The van der Waals surface area contributed by atoms with Gasteiger partial charge in [0.15, 0.2) is 0 Å². The van der Waals surface area contributed by atoms with Crippen LogP contribution in [0.15, 0.2) is 70.9 Å². The maximum atomic E-state index is 13.2. The molecule has 1 aliphatic heterocycles. The molecule has 4 rings (SSSR count). The van der Waals surface area contributed by atoms with Crippen molar-refractivity contribution < 1.29 is 19.1 Å². The van der Waals surface area contributed by atoms with Gasteiger partial charge in [-0.25, -0.2) is 0 Å². The minimum atomic E-state index is -0.707. The maximum Gasteiger partial charge on any atom is 0.296 e. The van der Waals surface area contributed by atoms with Gasteiger partial charge < -0.3 is 14.4 Å². The summed E-state index contributed by atoms with van der Waals surface area (Å²) >= 11 is 0. The van der Waals surface area contributed by atoms with Crippen LogP contribution < -0.4 is 0 Å². The normalized spacial score (nSPS) is 18.0. The van der Waals surface area contributed by atoms with E-state index in [9.17, 15) is 14.7 Å². The highest BCUT2D eigenvalue weighted by molar-refractivity contribution is 6.46. The Bertz CT molecular complexity index is 1190. The molecule has 0 radical (unpaired) electrons. The minimum absolute atomic E-state index is 0.104. The highest BCUT2D eigenvalue weighted by atomic mass is 16.3. The number of benzene rings is 2. The number of carbonyl (C=O) groups is 2. The molecule has 164 valence electrons. The van der Waals surface area contributed by atoms with Crippen molar-refractivity contribution in [3.05, 3.63) is 100 Å². The van der Waals surface area contributed by atoms with Gasteiger partial charge in [0, 0.05) is 5.56 Å². The van der Waals surface area contributed by atoms with Gasteiger partial charge >= 0.3 is 0 Å². The first kappa shape index (κ1) is 21.6. The predicted molar refractivity (Wildman–Crippen MR) is 123 cm³/mol. The summed E-state index contributed by atoms with van der Waals surface area (Å²) in [4.78, 5) is 27.7. The number of nitrogens with zero attached hydrogens (tertiary/aromatic N) is 1. The van der Waals surface area contributed by atoms with Crippen molar-refractivity contribution in [3.63, 3.8) is 0 Å². The van der Waals surface area contributed by atoms with E-state index >= 15 is 0 Å². The maximum absolute atomic E-state index is 13.2. The van der Waals surface area contributed by atoms with Crippen LogP contribution in [0.25, 0.3) is 5.76 Å². The van der Waals surface area contributed by atoms with Crippen molar-refractivity contribution in [2.75, 3.05) is 0 Å². The Kier molecular flexibility index (Phi) is 5.74. The molecule has 5 heteroatoms. The van der Waals surface area contributed by atoms with E-state index in [2.05, 4.69) is 13.8 Å². The van der Waals surface area contributed by atoms with Crippen LogP contribution in [0.5, 0.6) is 0 Å². The Morgan fingerprint density at radius 1 is 1.06 bits per heavy atom. The number of carbonyl (C=O) groups excluding carboxylic acids is 2. The van der Waals surface area contributed by atoms with Crippen LogP contribution in [-0.2, 0) is 16.1 Å². The fourth-order valence-electron chi connectivity index (χ4n) is 4.16. The second kappa shape index (κ2) is 8.50. The summed E-state index contributed by atoms with van der Waals surface area (Å²) in [6.07, 6.45) is 1.54. The molecule has 1 unspecified atom stereocenters. The summed E-state index contributed by atoms with van der Waals surface area (Å²) in [5.41, 5.74) is 4.38. The Hall–Kier alpha value is -3.60. The number of aryl methyl sites for hydroxylation is 2. The molecule has 0 saturated carbocycles.